The molecule has 2 aromatic rings. The van der Waals surface area contributed by atoms with Crippen molar-refractivity contribution in [3.63, 3.8) is 0 Å². The lowest BCUT2D eigenvalue weighted by atomic mass is 10.1. The average molecular weight is 292 g/mol. The van der Waals surface area contributed by atoms with E-state index in [1.807, 2.05) is 13.8 Å². The van der Waals surface area contributed by atoms with Gasteiger partial charge in [0.25, 0.3) is 0 Å². The van der Waals surface area contributed by atoms with Crippen LogP contribution in [-0.4, -0.2) is 22.0 Å². The molecule has 0 saturated heterocycles. The van der Waals surface area contributed by atoms with Crippen LogP contribution < -0.4 is 5.32 Å². The summed E-state index contributed by atoms with van der Waals surface area (Å²) in [7, 11) is 0. The largest absolute Gasteiger partial charge is 0.478 e. The molecule has 0 bridgehead atoms. The molecule has 1 heterocycles. The second-order valence-electron chi connectivity index (χ2n) is 4.69. The molecular weight excluding hydrogens is 276 g/mol. The van der Waals surface area contributed by atoms with Gasteiger partial charge in [-0.25, -0.2) is 9.78 Å². The van der Waals surface area contributed by atoms with Gasteiger partial charge in [-0.2, -0.15) is 0 Å². The van der Waals surface area contributed by atoms with E-state index in [4.69, 9.17) is 5.11 Å². The highest BCUT2D eigenvalue weighted by Crippen LogP contribution is 2.27. The smallest absolute Gasteiger partial charge is 0.335 e. The molecule has 0 aliphatic heterocycles. The third-order valence-electron chi connectivity index (χ3n) is 3.03. The van der Waals surface area contributed by atoms with E-state index in [-0.39, 0.29) is 17.4 Å². The van der Waals surface area contributed by atoms with Gasteiger partial charge in [-0.1, -0.05) is 31.6 Å². The number of amides is 1. The van der Waals surface area contributed by atoms with E-state index in [1.54, 1.807) is 12.1 Å². The fourth-order valence-corrected chi connectivity index (χ4v) is 2.81. The van der Waals surface area contributed by atoms with Crippen LogP contribution in [-0.2, 0) is 4.79 Å². The van der Waals surface area contributed by atoms with E-state index in [9.17, 15) is 9.59 Å². The first kappa shape index (κ1) is 14.5. The summed E-state index contributed by atoms with van der Waals surface area (Å²) in [5.41, 5.74) is 0.914. The number of carbonyl (C=O) groups is 2. The van der Waals surface area contributed by atoms with Gasteiger partial charge in [0.1, 0.15) is 0 Å². The second kappa shape index (κ2) is 6.00. The number of nitrogens with zero attached hydrogens (tertiary/aromatic N) is 1. The molecule has 0 aliphatic carbocycles. The van der Waals surface area contributed by atoms with Crippen molar-refractivity contribution < 1.29 is 14.7 Å². The quantitative estimate of drug-likeness (QED) is 0.885. The van der Waals surface area contributed by atoms with Gasteiger partial charge in [0.05, 0.1) is 15.8 Å². The number of rotatable bonds is 5. The molecule has 20 heavy (non-hydrogen) atoms. The normalized spacial score (nSPS) is 12.3. The number of carboxylic acids is 1. The SMILES string of the molecule is CCCC(C)C(=O)Nc1nc2ccc(C(=O)O)cc2s1. The van der Waals surface area contributed by atoms with Gasteiger partial charge in [0.15, 0.2) is 5.13 Å². The molecule has 0 radical (unpaired) electrons. The minimum atomic E-state index is -0.970. The van der Waals surface area contributed by atoms with Gasteiger partial charge in [0.2, 0.25) is 5.91 Å². The maximum absolute atomic E-state index is 11.9. The van der Waals surface area contributed by atoms with Crippen LogP contribution in [0.5, 0.6) is 0 Å². The molecule has 1 amide bonds. The van der Waals surface area contributed by atoms with Crippen LogP contribution >= 0.6 is 11.3 Å². The Hall–Kier alpha value is -1.95. The van der Waals surface area contributed by atoms with Crippen molar-refractivity contribution in [1.82, 2.24) is 4.98 Å². The first-order valence-corrected chi connectivity index (χ1v) is 7.27. The van der Waals surface area contributed by atoms with Gasteiger partial charge < -0.3 is 10.4 Å². The molecule has 2 N–H and O–H groups in total. The highest BCUT2D eigenvalue weighted by molar-refractivity contribution is 7.22. The highest BCUT2D eigenvalue weighted by atomic mass is 32.1. The lowest BCUT2D eigenvalue weighted by Gasteiger charge is -2.08. The molecule has 0 fully saturated rings. The molecule has 0 spiro atoms. The lowest BCUT2D eigenvalue weighted by Crippen LogP contribution is -2.19. The van der Waals surface area contributed by atoms with E-state index in [0.29, 0.717) is 10.6 Å². The van der Waals surface area contributed by atoms with Crippen LogP contribution in [0.25, 0.3) is 10.2 Å². The average Bonchev–Trinajstić information content (AvgIpc) is 2.79. The van der Waals surface area contributed by atoms with Crippen molar-refractivity contribution in [1.29, 1.82) is 0 Å². The molecule has 6 heteroatoms. The zero-order chi connectivity index (χ0) is 14.7. The van der Waals surface area contributed by atoms with Crippen LogP contribution in [0.15, 0.2) is 18.2 Å². The zero-order valence-corrected chi connectivity index (χ0v) is 12.2. The molecule has 5 nitrogen and oxygen atoms in total. The molecule has 0 aliphatic rings. The van der Waals surface area contributed by atoms with Gasteiger partial charge in [-0.05, 0) is 24.6 Å². The molecule has 0 saturated carbocycles. The molecule has 1 atom stereocenters. The van der Waals surface area contributed by atoms with Crippen molar-refractivity contribution >= 4 is 38.6 Å². The first-order chi connectivity index (χ1) is 9.51. The second-order valence-corrected chi connectivity index (χ2v) is 5.72. The third kappa shape index (κ3) is 3.14. The van der Waals surface area contributed by atoms with E-state index in [0.717, 1.165) is 17.5 Å². The summed E-state index contributed by atoms with van der Waals surface area (Å²) in [5.74, 6) is -1.08. The molecule has 1 aromatic heterocycles. The van der Waals surface area contributed by atoms with Crippen molar-refractivity contribution in [2.45, 2.75) is 26.7 Å². The number of carboxylic acid groups (broad SMARTS) is 1. The Bertz CT molecular complexity index is 651. The fraction of sp³-hybridized carbons (Fsp3) is 0.357. The topological polar surface area (TPSA) is 79.3 Å². The summed E-state index contributed by atoms with van der Waals surface area (Å²) in [4.78, 5) is 27.1. The summed E-state index contributed by atoms with van der Waals surface area (Å²) in [6.07, 6.45) is 1.79. The Balaban J connectivity index is 2.19. The van der Waals surface area contributed by atoms with Crippen molar-refractivity contribution in [3.05, 3.63) is 23.8 Å². The maximum atomic E-state index is 11.9. The van der Waals surface area contributed by atoms with Crippen LogP contribution in [0.1, 0.15) is 37.0 Å². The molecule has 106 valence electrons. The van der Waals surface area contributed by atoms with E-state index in [1.165, 1.54) is 17.4 Å². The zero-order valence-electron chi connectivity index (χ0n) is 11.3. The summed E-state index contributed by atoms with van der Waals surface area (Å²) in [6.45, 7) is 3.92. The number of hydrogen-bond acceptors (Lipinski definition) is 4. The standard InChI is InChI=1S/C14H16N2O3S/c1-3-4-8(2)12(17)16-14-15-10-6-5-9(13(18)19)7-11(10)20-14/h5-8H,3-4H2,1-2H3,(H,18,19)(H,15,16,17). The Morgan fingerprint density at radius 2 is 2.20 bits per heavy atom. The predicted octanol–water partition coefficient (Wildman–Crippen LogP) is 3.37. The van der Waals surface area contributed by atoms with Crippen molar-refractivity contribution in [2.75, 3.05) is 5.32 Å². The van der Waals surface area contributed by atoms with Gasteiger partial charge >= 0.3 is 5.97 Å². The predicted molar refractivity (Wildman–Crippen MR) is 79.3 cm³/mol. The maximum Gasteiger partial charge on any atom is 0.335 e. The summed E-state index contributed by atoms with van der Waals surface area (Å²) in [5, 5.41) is 12.2. The Morgan fingerprint density at radius 3 is 2.85 bits per heavy atom. The first-order valence-electron chi connectivity index (χ1n) is 6.46. The number of fused-ring (bicyclic) bond motifs is 1. The van der Waals surface area contributed by atoms with E-state index < -0.39 is 5.97 Å². The number of benzene rings is 1. The van der Waals surface area contributed by atoms with E-state index >= 15 is 0 Å². The summed E-state index contributed by atoms with van der Waals surface area (Å²) >= 11 is 1.29. The lowest BCUT2D eigenvalue weighted by molar-refractivity contribution is -0.119. The number of aromatic carboxylic acids is 1. The minimum Gasteiger partial charge on any atom is -0.478 e. The van der Waals surface area contributed by atoms with Crippen molar-refractivity contribution in [2.24, 2.45) is 5.92 Å². The number of carbonyl (C=O) groups excluding carboxylic acids is 1. The Kier molecular flexibility index (Phi) is 4.34. The molecule has 1 unspecified atom stereocenters. The van der Waals surface area contributed by atoms with Gasteiger partial charge in [-0.3, -0.25) is 4.79 Å². The Labute approximate surface area is 120 Å². The monoisotopic (exact) mass is 292 g/mol. The number of aromatic nitrogens is 1. The van der Waals surface area contributed by atoms with Crippen LogP contribution in [0.3, 0.4) is 0 Å². The van der Waals surface area contributed by atoms with Crippen molar-refractivity contribution in [3.8, 4) is 0 Å². The summed E-state index contributed by atoms with van der Waals surface area (Å²) in [6, 6.07) is 4.73. The molecule has 2 rings (SSSR count). The third-order valence-corrected chi connectivity index (χ3v) is 3.97. The number of nitrogens with one attached hydrogen (secondary N) is 1. The Morgan fingerprint density at radius 1 is 1.45 bits per heavy atom. The summed E-state index contributed by atoms with van der Waals surface area (Å²) < 4.78 is 0.753. The van der Waals surface area contributed by atoms with Gasteiger partial charge in [0, 0.05) is 5.92 Å². The molecular formula is C14H16N2O3S. The van der Waals surface area contributed by atoms with Crippen LogP contribution in [0.2, 0.25) is 0 Å². The number of thiazole rings is 1. The highest BCUT2D eigenvalue weighted by Gasteiger charge is 2.14. The fourth-order valence-electron chi connectivity index (χ4n) is 1.90. The number of anilines is 1. The van der Waals surface area contributed by atoms with E-state index in [2.05, 4.69) is 10.3 Å². The minimum absolute atomic E-state index is 0.0515. The van der Waals surface area contributed by atoms with Crippen LogP contribution in [0, 0.1) is 5.92 Å². The van der Waals surface area contributed by atoms with Gasteiger partial charge in [-0.15, -0.1) is 0 Å². The van der Waals surface area contributed by atoms with Crippen LogP contribution in [0.4, 0.5) is 5.13 Å². The molecule has 1 aromatic carbocycles. The number of hydrogen-bond donors (Lipinski definition) is 2.